The van der Waals surface area contributed by atoms with Crippen molar-refractivity contribution in [1.29, 1.82) is 0 Å². The lowest BCUT2D eigenvalue weighted by atomic mass is 9.79. The number of rotatable bonds is 7. The zero-order valence-electron chi connectivity index (χ0n) is 12.6. The number of Topliss-reactive ketones (excluding diaryl/α,β-unsaturated/α-hetero) is 1. The summed E-state index contributed by atoms with van der Waals surface area (Å²) in [5.41, 5.74) is 4.30. The smallest absolute Gasteiger partial charge is 0.161 e. The van der Waals surface area contributed by atoms with Crippen molar-refractivity contribution in [3.8, 4) is 0 Å². The maximum absolute atomic E-state index is 12.2. The first kappa shape index (κ1) is 16.5. The Morgan fingerprint density at radius 1 is 1.55 bits per heavy atom. The van der Waals surface area contributed by atoms with Crippen LogP contribution < -0.4 is 5.48 Å². The quantitative estimate of drug-likeness (QED) is 0.348. The Morgan fingerprint density at radius 3 is 3.09 bits per heavy atom. The number of hydroxylamine groups is 1. The number of aromatic nitrogens is 1. The van der Waals surface area contributed by atoms with E-state index in [2.05, 4.69) is 17.0 Å². The number of aliphatic hydroxyl groups is 1. The molecule has 1 aromatic rings. The van der Waals surface area contributed by atoms with Crippen molar-refractivity contribution in [2.24, 2.45) is 0 Å². The number of aliphatic hydroxyl groups excluding tert-OH is 1. The summed E-state index contributed by atoms with van der Waals surface area (Å²) in [5.74, 6) is 0.0574. The Balaban J connectivity index is 1.88. The molecule has 1 aliphatic rings. The van der Waals surface area contributed by atoms with E-state index in [9.17, 15) is 9.90 Å². The van der Waals surface area contributed by atoms with Gasteiger partial charge in [0.1, 0.15) is 0 Å². The van der Waals surface area contributed by atoms with Crippen molar-refractivity contribution in [2.45, 2.75) is 31.3 Å². The largest absolute Gasteiger partial charge is 0.388 e. The minimum absolute atomic E-state index is 0.0135. The lowest BCUT2D eigenvalue weighted by molar-refractivity contribution is -0.118. The first-order chi connectivity index (χ1) is 10.7. The Kier molecular flexibility index (Phi) is 6.45. The molecular weight excluding hydrogens is 280 g/mol. The van der Waals surface area contributed by atoms with E-state index < -0.39 is 6.10 Å². The minimum atomic E-state index is -0.708. The molecular formula is C17H22N2O3. The van der Waals surface area contributed by atoms with Crippen molar-refractivity contribution < 1.29 is 14.7 Å². The summed E-state index contributed by atoms with van der Waals surface area (Å²) in [4.78, 5) is 21.4. The van der Waals surface area contributed by atoms with Crippen LogP contribution in [0.1, 0.15) is 30.7 Å². The predicted molar refractivity (Wildman–Crippen MR) is 84.1 cm³/mol. The van der Waals surface area contributed by atoms with Crippen molar-refractivity contribution >= 4 is 5.78 Å². The van der Waals surface area contributed by atoms with Crippen LogP contribution >= 0.6 is 0 Å². The molecule has 2 rings (SSSR count). The molecule has 0 radical (unpaired) electrons. The Hall–Kier alpha value is -1.82. The van der Waals surface area contributed by atoms with Crippen LogP contribution in [0.25, 0.3) is 0 Å². The zero-order chi connectivity index (χ0) is 15.8. The molecule has 1 aliphatic carbocycles. The van der Waals surface area contributed by atoms with Crippen molar-refractivity contribution in [1.82, 2.24) is 10.5 Å². The fourth-order valence-electron chi connectivity index (χ4n) is 2.61. The van der Waals surface area contributed by atoms with Gasteiger partial charge < -0.3 is 5.11 Å². The topological polar surface area (TPSA) is 71.5 Å². The van der Waals surface area contributed by atoms with E-state index in [1.807, 2.05) is 12.1 Å². The third kappa shape index (κ3) is 4.59. The van der Waals surface area contributed by atoms with E-state index in [0.717, 1.165) is 5.56 Å². The molecule has 0 aromatic carbocycles. The summed E-state index contributed by atoms with van der Waals surface area (Å²) in [6.45, 7) is 4.57. The van der Waals surface area contributed by atoms with E-state index >= 15 is 0 Å². The number of nitrogens with zero attached hydrogens (tertiary/aromatic N) is 1. The second-order valence-corrected chi connectivity index (χ2v) is 5.30. The van der Waals surface area contributed by atoms with E-state index in [0.29, 0.717) is 38.0 Å². The van der Waals surface area contributed by atoms with Crippen molar-refractivity contribution in [2.75, 3.05) is 13.2 Å². The number of ketones is 1. The van der Waals surface area contributed by atoms with Crippen LogP contribution in [0.5, 0.6) is 0 Å². The lowest BCUT2D eigenvalue weighted by Gasteiger charge is -2.27. The van der Waals surface area contributed by atoms with Gasteiger partial charge in [0.25, 0.3) is 0 Å². The molecule has 2 unspecified atom stereocenters. The molecule has 2 atom stereocenters. The summed E-state index contributed by atoms with van der Waals surface area (Å²) < 4.78 is 0. The molecule has 1 heterocycles. The standard InChI is InChI=1S/C17H22N2O3/c1-2-9-22-19-8-4-6-15-16(20)10-14(11-17(15)21)13-5-3-7-18-12-13/h2-3,5-7,12,14,16,19-20H,1,4,8-11H2. The second kappa shape index (κ2) is 8.58. The van der Waals surface area contributed by atoms with Crippen LogP contribution in [-0.4, -0.2) is 35.1 Å². The van der Waals surface area contributed by atoms with Crippen LogP contribution in [0.2, 0.25) is 0 Å². The van der Waals surface area contributed by atoms with Gasteiger partial charge in [0.2, 0.25) is 0 Å². The van der Waals surface area contributed by atoms with E-state index in [4.69, 9.17) is 4.84 Å². The number of carbonyl (C=O) groups is 1. The van der Waals surface area contributed by atoms with Crippen molar-refractivity contribution in [3.05, 3.63) is 54.4 Å². The van der Waals surface area contributed by atoms with Gasteiger partial charge in [-0.1, -0.05) is 18.2 Å². The molecule has 1 fully saturated rings. The molecule has 0 bridgehead atoms. The van der Waals surface area contributed by atoms with Crippen LogP contribution in [0.4, 0.5) is 0 Å². The Labute approximate surface area is 130 Å². The summed E-state index contributed by atoms with van der Waals surface area (Å²) in [7, 11) is 0. The average Bonchev–Trinajstić information content (AvgIpc) is 2.53. The highest BCUT2D eigenvalue weighted by Gasteiger charge is 2.31. The maximum Gasteiger partial charge on any atom is 0.161 e. The van der Waals surface area contributed by atoms with Crippen LogP contribution in [0, 0.1) is 0 Å². The number of hydrogen-bond acceptors (Lipinski definition) is 5. The summed E-state index contributed by atoms with van der Waals surface area (Å²) >= 11 is 0. The van der Waals surface area contributed by atoms with Gasteiger partial charge in [0.15, 0.2) is 5.78 Å². The van der Waals surface area contributed by atoms with Gasteiger partial charge in [-0.25, -0.2) is 5.48 Å². The first-order valence-corrected chi connectivity index (χ1v) is 7.49. The monoisotopic (exact) mass is 302 g/mol. The molecule has 0 amide bonds. The average molecular weight is 302 g/mol. The van der Waals surface area contributed by atoms with Crippen molar-refractivity contribution in [3.63, 3.8) is 0 Å². The number of nitrogens with one attached hydrogen (secondary N) is 1. The highest BCUT2D eigenvalue weighted by atomic mass is 16.6. The van der Waals surface area contributed by atoms with Gasteiger partial charge in [-0.05, 0) is 30.4 Å². The molecule has 2 N–H and O–H groups in total. The molecule has 118 valence electrons. The van der Waals surface area contributed by atoms with E-state index in [1.165, 1.54) is 0 Å². The maximum atomic E-state index is 12.2. The van der Waals surface area contributed by atoms with Gasteiger partial charge in [-0.2, -0.15) is 0 Å². The summed E-state index contributed by atoms with van der Waals surface area (Å²) in [6.07, 6.45) is 7.83. The normalized spacial score (nSPS) is 23.7. The molecule has 5 nitrogen and oxygen atoms in total. The first-order valence-electron chi connectivity index (χ1n) is 7.49. The minimum Gasteiger partial charge on any atom is -0.388 e. The molecule has 22 heavy (non-hydrogen) atoms. The van der Waals surface area contributed by atoms with E-state index in [-0.39, 0.29) is 11.7 Å². The summed E-state index contributed by atoms with van der Waals surface area (Å²) in [5, 5.41) is 10.2. The number of hydrogen-bond donors (Lipinski definition) is 2. The molecule has 0 aliphatic heterocycles. The van der Waals surface area contributed by atoms with E-state index in [1.54, 1.807) is 24.5 Å². The fourth-order valence-corrected chi connectivity index (χ4v) is 2.61. The molecule has 0 spiro atoms. The third-order valence-electron chi connectivity index (χ3n) is 3.69. The SMILES string of the molecule is C=CCONCCC=C1C(=O)CC(c2cccnc2)CC1O. The molecule has 0 saturated heterocycles. The molecule has 5 heteroatoms. The molecule has 1 aromatic heterocycles. The van der Waals surface area contributed by atoms with Gasteiger partial charge in [-0.15, -0.1) is 6.58 Å². The lowest BCUT2D eigenvalue weighted by Crippen LogP contribution is -2.29. The highest BCUT2D eigenvalue weighted by Crippen LogP contribution is 2.33. The van der Waals surface area contributed by atoms with Gasteiger partial charge in [-0.3, -0.25) is 14.6 Å². The van der Waals surface area contributed by atoms with Crippen LogP contribution in [0.3, 0.4) is 0 Å². The van der Waals surface area contributed by atoms with Gasteiger partial charge >= 0.3 is 0 Å². The highest BCUT2D eigenvalue weighted by molar-refractivity contribution is 5.97. The summed E-state index contributed by atoms with van der Waals surface area (Å²) in [6, 6.07) is 3.81. The van der Waals surface area contributed by atoms with Gasteiger partial charge in [0, 0.05) is 30.9 Å². The number of carbonyl (C=O) groups excluding carboxylic acids is 1. The molecule has 1 saturated carbocycles. The van der Waals surface area contributed by atoms with Crippen LogP contribution in [-0.2, 0) is 9.63 Å². The second-order valence-electron chi connectivity index (χ2n) is 5.30. The Morgan fingerprint density at radius 2 is 2.41 bits per heavy atom. The van der Waals surface area contributed by atoms with Gasteiger partial charge in [0.05, 0.1) is 12.7 Å². The van der Waals surface area contributed by atoms with Crippen LogP contribution in [0.15, 0.2) is 48.8 Å². The zero-order valence-corrected chi connectivity index (χ0v) is 12.6. The predicted octanol–water partition coefficient (Wildman–Crippen LogP) is 1.91. The third-order valence-corrected chi connectivity index (χ3v) is 3.69. The fraction of sp³-hybridized carbons (Fsp3) is 0.412. The Bertz CT molecular complexity index is 528. The number of pyridine rings is 1.